The maximum absolute atomic E-state index is 12.8. The number of ether oxygens (including phenoxy) is 1. The number of hydrogen-bond donors (Lipinski definition) is 2. The van der Waals surface area contributed by atoms with E-state index in [1.165, 1.54) is 22.0 Å². The molecule has 32 heavy (non-hydrogen) atoms. The zero-order valence-electron chi connectivity index (χ0n) is 17.7. The first-order chi connectivity index (χ1) is 15.5. The number of carbonyl (C=O) groups is 1. The van der Waals surface area contributed by atoms with E-state index in [-0.39, 0.29) is 17.7 Å². The second-order valence-corrected chi connectivity index (χ2v) is 9.04. The standard InChI is InChI=1S/C23H23N5O2S2/c1-15-5-7-16(8-6-15)21(19-4-3-13-31-19)25-20(29)14-32-23-27-26-22(28(23)24)17-9-11-18(30-2)12-10-17/h3-13,21H,14,24H2,1-2H3,(H,25,29). The van der Waals surface area contributed by atoms with E-state index in [9.17, 15) is 4.79 Å². The summed E-state index contributed by atoms with van der Waals surface area (Å²) in [5.74, 6) is 7.52. The summed E-state index contributed by atoms with van der Waals surface area (Å²) in [6.07, 6.45) is 0. The van der Waals surface area contributed by atoms with Crippen LogP contribution in [0.4, 0.5) is 0 Å². The third-order valence-corrected chi connectivity index (χ3v) is 6.77. The van der Waals surface area contributed by atoms with Crippen LogP contribution in [0.3, 0.4) is 0 Å². The van der Waals surface area contributed by atoms with E-state index in [1.54, 1.807) is 18.4 Å². The van der Waals surface area contributed by atoms with Crippen molar-refractivity contribution in [3.05, 3.63) is 82.0 Å². The summed E-state index contributed by atoms with van der Waals surface area (Å²) in [5.41, 5.74) is 3.03. The maximum atomic E-state index is 12.8. The minimum Gasteiger partial charge on any atom is -0.497 e. The number of nitrogen functional groups attached to an aromatic ring is 1. The van der Waals surface area contributed by atoms with E-state index in [0.29, 0.717) is 11.0 Å². The average molecular weight is 466 g/mol. The largest absolute Gasteiger partial charge is 0.497 e. The van der Waals surface area contributed by atoms with Crippen LogP contribution in [-0.4, -0.2) is 33.6 Å². The highest BCUT2D eigenvalue weighted by Crippen LogP contribution is 2.27. The topological polar surface area (TPSA) is 95.1 Å². The quantitative estimate of drug-likeness (QED) is 0.301. The van der Waals surface area contributed by atoms with Crippen LogP contribution in [0.15, 0.2) is 71.2 Å². The molecular formula is C23H23N5O2S2. The number of nitrogens with two attached hydrogens (primary N) is 1. The van der Waals surface area contributed by atoms with Crippen LogP contribution in [0.25, 0.3) is 11.4 Å². The Morgan fingerprint density at radius 2 is 1.91 bits per heavy atom. The van der Waals surface area contributed by atoms with Crippen molar-refractivity contribution in [2.45, 2.75) is 18.1 Å². The molecule has 2 heterocycles. The average Bonchev–Trinajstić information content (AvgIpc) is 3.47. The van der Waals surface area contributed by atoms with E-state index >= 15 is 0 Å². The first kappa shape index (κ1) is 21.9. The number of aromatic nitrogens is 3. The molecule has 0 aliphatic rings. The normalized spacial score (nSPS) is 11.8. The number of nitrogens with one attached hydrogen (secondary N) is 1. The highest BCUT2D eigenvalue weighted by Gasteiger charge is 2.19. The Kier molecular flexibility index (Phi) is 6.77. The molecule has 3 N–H and O–H groups in total. The Hall–Kier alpha value is -3.30. The summed E-state index contributed by atoms with van der Waals surface area (Å²) < 4.78 is 6.58. The molecule has 0 aliphatic carbocycles. The smallest absolute Gasteiger partial charge is 0.231 e. The van der Waals surface area contributed by atoms with Crippen molar-refractivity contribution in [3.63, 3.8) is 0 Å². The summed E-state index contributed by atoms with van der Waals surface area (Å²) in [5, 5.41) is 13.9. The van der Waals surface area contributed by atoms with Crippen LogP contribution in [0.2, 0.25) is 0 Å². The molecule has 0 saturated heterocycles. The van der Waals surface area contributed by atoms with Crippen molar-refractivity contribution < 1.29 is 9.53 Å². The molecule has 0 bridgehead atoms. The number of hydrogen-bond acceptors (Lipinski definition) is 7. The number of rotatable bonds is 8. The van der Waals surface area contributed by atoms with Crippen LogP contribution in [0.1, 0.15) is 22.0 Å². The Morgan fingerprint density at radius 3 is 2.56 bits per heavy atom. The predicted molar refractivity (Wildman–Crippen MR) is 128 cm³/mol. The second-order valence-electron chi connectivity index (χ2n) is 7.12. The molecule has 0 aliphatic heterocycles. The number of amides is 1. The molecule has 4 rings (SSSR count). The molecule has 7 nitrogen and oxygen atoms in total. The number of carbonyl (C=O) groups excluding carboxylic acids is 1. The van der Waals surface area contributed by atoms with Gasteiger partial charge in [0.1, 0.15) is 5.75 Å². The fraction of sp³-hybridized carbons (Fsp3) is 0.174. The third-order valence-electron chi connectivity index (χ3n) is 4.89. The van der Waals surface area contributed by atoms with E-state index in [2.05, 4.69) is 27.6 Å². The molecule has 0 fully saturated rings. The van der Waals surface area contributed by atoms with Gasteiger partial charge in [-0.3, -0.25) is 4.79 Å². The molecule has 2 aromatic heterocycles. The highest BCUT2D eigenvalue weighted by atomic mass is 32.2. The van der Waals surface area contributed by atoms with E-state index in [0.717, 1.165) is 21.8 Å². The van der Waals surface area contributed by atoms with Crippen LogP contribution >= 0.6 is 23.1 Å². The van der Waals surface area contributed by atoms with Gasteiger partial charge in [-0.25, -0.2) is 4.68 Å². The Balaban J connectivity index is 1.43. The molecule has 164 valence electrons. The van der Waals surface area contributed by atoms with Crippen molar-refractivity contribution in [2.24, 2.45) is 0 Å². The number of methoxy groups -OCH3 is 1. The van der Waals surface area contributed by atoms with E-state index in [1.807, 2.05) is 60.8 Å². The fourth-order valence-corrected chi connectivity index (χ4v) is 4.65. The predicted octanol–water partition coefficient (Wildman–Crippen LogP) is 4.04. The summed E-state index contributed by atoms with van der Waals surface area (Å²) in [7, 11) is 1.61. The number of thioether (sulfide) groups is 1. The zero-order valence-corrected chi connectivity index (χ0v) is 19.3. The van der Waals surface area contributed by atoms with Gasteiger partial charge < -0.3 is 15.9 Å². The molecule has 1 unspecified atom stereocenters. The molecular weight excluding hydrogens is 442 g/mol. The number of benzene rings is 2. The first-order valence-electron chi connectivity index (χ1n) is 9.92. The molecule has 1 amide bonds. The highest BCUT2D eigenvalue weighted by molar-refractivity contribution is 7.99. The van der Waals surface area contributed by atoms with Gasteiger partial charge in [0, 0.05) is 10.4 Å². The molecule has 1 atom stereocenters. The van der Waals surface area contributed by atoms with Gasteiger partial charge in [0.05, 0.1) is 18.9 Å². The lowest BCUT2D eigenvalue weighted by Gasteiger charge is -2.18. The van der Waals surface area contributed by atoms with Gasteiger partial charge in [-0.15, -0.1) is 21.5 Å². The summed E-state index contributed by atoms with van der Waals surface area (Å²) >= 11 is 2.86. The lowest BCUT2D eigenvalue weighted by molar-refractivity contribution is -0.119. The summed E-state index contributed by atoms with van der Waals surface area (Å²) in [6.45, 7) is 2.04. The maximum Gasteiger partial charge on any atom is 0.231 e. The molecule has 2 aromatic carbocycles. The van der Waals surface area contributed by atoms with Gasteiger partial charge in [0.25, 0.3) is 0 Å². The van der Waals surface area contributed by atoms with Gasteiger partial charge >= 0.3 is 0 Å². The van der Waals surface area contributed by atoms with Crippen molar-refractivity contribution >= 4 is 29.0 Å². The lowest BCUT2D eigenvalue weighted by Crippen LogP contribution is -2.30. The van der Waals surface area contributed by atoms with Gasteiger partial charge in [0.2, 0.25) is 11.1 Å². The van der Waals surface area contributed by atoms with Crippen LogP contribution in [-0.2, 0) is 4.79 Å². The van der Waals surface area contributed by atoms with Crippen molar-refractivity contribution in [3.8, 4) is 17.1 Å². The summed E-state index contributed by atoms with van der Waals surface area (Å²) in [4.78, 5) is 13.9. The molecule has 9 heteroatoms. The Bertz CT molecular complexity index is 1170. The minimum absolute atomic E-state index is 0.108. The van der Waals surface area contributed by atoms with Gasteiger partial charge in [-0.2, -0.15) is 0 Å². The SMILES string of the molecule is COc1ccc(-c2nnc(SCC(=O)NC(c3ccc(C)cc3)c3cccs3)n2N)cc1. The third kappa shape index (κ3) is 4.95. The minimum atomic E-state index is -0.200. The molecule has 0 spiro atoms. The zero-order chi connectivity index (χ0) is 22.5. The van der Waals surface area contributed by atoms with Crippen LogP contribution < -0.4 is 15.9 Å². The Labute approximate surface area is 194 Å². The van der Waals surface area contributed by atoms with Crippen molar-refractivity contribution in [2.75, 3.05) is 18.7 Å². The van der Waals surface area contributed by atoms with E-state index < -0.39 is 0 Å². The van der Waals surface area contributed by atoms with E-state index in [4.69, 9.17) is 10.6 Å². The monoisotopic (exact) mass is 465 g/mol. The Morgan fingerprint density at radius 1 is 1.16 bits per heavy atom. The van der Waals surface area contributed by atoms with Gasteiger partial charge in [-0.1, -0.05) is 47.7 Å². The van der Waals surface area contributed by atoms with Crippen molar-refractivity contribution in [1.82, 2.24) is 20.2 Å². The van der Waals surface area contributed by atoms with Crippen molar-refractivity contribution in [1.29, 1.82) is 0 Å². The molecule has 4 aromatic rings. The summed E-state index contributed by atoms with van der Waals surface area (Å²) in [6, 6.07) is 19.4. The van der Waals surface area contributed by atoms with Crippen LogP contribution in [0, 0.1) is 6.92 Å². The number of thiophene rings is 1. The fourth-order valence-electron chi connectivity index (χ4n) is 3.18. The number of aryl methyl sites for hydroxylation is 1. The van der Waals surface area contributed by atoms with Gasteiger partial charge in [0.15, 0.2) is 5.82 Å². The molecule has 0 saturated carbocycles. The lowest BCUT2D eigenvalue weighted by atomic mass is 10.0. The number of nitrogens with zero attached hydrogens (tertiary/aromatic N) is 3. The molecule has 0 radical (unpaired) electrons. The van der Waals surface area contributed by atoms with Crippen LogP contribution in [0.5, 0.6) is 5.75 Å². The second kappa shape index (κ2) is 9.88. The van der Waals surface area contributed by atoms with Gasteiger partial charge in [-0.05, 0) is 48.2 Å². The first-order valence-corrected chi connectivity index (χ1v) is 11.8.